The number of nitrogens with two attached hydrogens (primary N) is 1. The molecule has 0 unspecified atom stereocenters. The molecular weight excluding hydrogens is 208 g/mol. The van der Waals surface area contributed by atoms with Gasteiger partial charge in [0.05, 0.1) is 0 Å². The zero-order valence-electron chi connectivity index (χ0n) is 10.6. The highest BCUT2D eigenvalue weighted by atomic mass is 14.9. The van der Waals surface area contributed by atoms with Crippen LogP contribution in [0.25, 0.3) is 0 Å². The summed E-state index contributed by atoms with van der Waals surface area (Å²) >= 11 is 0. The number of aromatic nitrogens is 1. The van der Waals surface area contributed by atoms with Gasteiger partial charge < -0.3 is 10.3 Å². The third kappa shape index (κ3) is 2.98. The van der Waals surface area contributed by atoms with Crippen molar-refractivity contribution < 1.29 is 0 Å². The van der Waals surface area contributed by atoms with Crippen molar-refractivity contribution in [2.75, 3.05) is 0 Å². The number of hydrogen-bond donors (Lipinski definition) is 1. The van der Waals surface area contributed by atoms with Crippen LogP contribution in [0.5, 0.6) is 0 Å². The van der Waals surface area contributed by atoms with Gasteiger partial charge in [0.2, 0.25) is 0 Å². The Bertz CT molecular complexity index is 466. The quantitative estimate of drug-likeness (QED) is 0.856. The SMILES string of the molecule is CC(C)c1ccc(Cn2ccc(CN)c2)cc1. The molecule has 0 atom stereocenters. The van der Waals surface area contributed by atoms with Crippen LogP contribution in [-0.2, 0) is 13.1 Å². The minimum absolute atomic E-state index is 0.597. The molecule has 17 heavy (non-hydrogen) atoms. The van der Waals surface area contributed by atoms with Gasteiger partial charge in [0.25, 0.3) is 0 Å². The van der Waals surface area contributed by atoms with Gasteiger partial charge in [-0.15, -0.1) is 0 Å². The van der Waals surface area contributed by atoms with Gasteiger partial charge in [-0.1, -0.05) is 38.1 Å². The summed E-state index contributed by atoms with van der Waals surface area (Å²) in [6.45, 7) is 5.96. The van der Waals surface area contributed by atoms with E-state index in [-0.39, 0.29) is 0 Å². The van der Waals surface area contributed by atoms with Crippen molar-refractivity contribution in [2.24, 2.45) is 5.73 Å². The van der Waals surface area contributed by atoms with E-state index in [4.69, 9.17) is 5.73 Å². The Morgan fingerprint density at radius 3 is 2.29 bits per heavy atom. The first-order valence-corrected chi connectivity index (χ1v) is 6.12. The first-order chi connectivity index (χ1) is 8.19. The van der Waals surface area contributed by atoms with Gasteiger partial charge >= 0.3 is 0 Å². The van der Waals surface area contributed by atoms with E-state index < -0.39 is 0 Å². The first kappa shape index (κ1) is 11.9. The molecule has 1 aromatic heterocycles. The van der Waals surface area contributed by atoms with E-state index in [2.05, 4.69) is 61.1 Å². The van der Waals surface area contributed by atoms with Crippen molar-refractivity contribution in [3.63, 3.8) is 0 Å². The minimum Gasteiger partial charge on any atom is -0.350 e. The van der Waals surface area contributed by atoms with Crippen molar-refractivity contribution >= 4 is 0 Å². The number of hydrogen-bond acceptors (Lipinski definition) is 1. The second-order valence-corrected chi connectivity index (χ2v) is 4.79. The van der Waals surface area contributed by atoms with E-state index in [9.17, 15) is 0 Å². The van der Waals surface area contributed by atoms with Crippen LogP contribution in [0, 0.1) is 0 Å². The maximum atomic E-state index is 5.60. The molecule has 1 aromatic carbocycles. The lowest BCUT2D eigenvalue weighted by atomic mass is 10.0. The molecule has 0 spiro atoms. The fourth-order valence-corrected chi connectivity index (χ4v) is 1.93. The molecular formula is C15H20N2. The summed E-state index contributed by atoms with van der Waals surface area (Å²) in [5.74, 6) is 0.597. The Balaban J connectivity index is 2.08. The first-order valence-electron chi connectivity index (χ1n) is 6.12. The van der Waals surface area contributed by atoms with Crippen LogP contribution in [0.2, 0.25) is 0 Å². The monoisotopic (exact) mass is 228 g/mol. The lowest BCUT2D eigenvalue weighted by Gasteiger charge is -2.07. The van der Waals surface area contributed by atoms with Gasteiger partial charge in [0.15, 0.2) is 0 Å². The average molecular weight is 228 g/mol. The molecule has 2 heteroatoms. The molecule has 0 aliphatic rings. The van der Waals surface area contributed by atoms with Crippen LogP contribution in [0.3, 0.4) is 0 Å². The summed E-state index contributed by atoms with van der Waals surface area (Å²) < 4.78 is 2.17. The van der Waals surface area contributed by atoms with Crippen molar-refractivity contribution in [1.29, 1.82) is 0 Å². The molecule has 0 radical (unpaired) electrons. The summed E-state index contributed by atoms with van der Waals surface area (Å²) in [7, 11) is 0. The van der Waals surface area contributed by atoms with Gasteiger partial charge in [-0.3, -0.25) is 0 Å². The fraction of sp³-hybridized carbons (Fsp3) is 0.333. The third-order valence-electron chi connectivity index (χ3n) is 3.06. The highest BCUT2D eigenvalue weighted by molar-refractivity contribution is 5.25. The van der Waals surface area contributed by atoms with E-state index in [1.807, 2.05) is 0 Å². The summed E-state index contributed by atoms with van der Waals surface area (Å²) in [5, 5.41) is 0. The van der Waals surface area contributed by atoms with Crippen molar-refractivity contribution in [3.8, 4) is 0 Å². The fourth-order valence-electron chi connectivity index (χ4n) is 1.93. The predicted molar refractivity (Wildman–Crippen MR) is 72.0 cm³/mol. The molecule has 2 aromatic rings. The molecule has 0 saturated carbocycles. The van der Waals surface area contributed by atoms with Gasteiger partial charge in [-0.2, -0.15) is 0 Å². The Labute approximate surface area is 103 Å². The van der Waals surface area contributed by atoms with Gasteiger partial charge in [0, 0.05) is 25.5 Å². The lowest BCUT2D eigenvalue weighted by molar-refractivity contribution is 0.798. The Morgan fingerprint density at radius 2 is 1.76 bits per heavy atom. The molecule has 0 bridgehead atoms. The van der Waals surface area contributed by atoms with Crippen LogP contribution < -0.4 is 5.73 Å². The maximum Gasteiger partial charge on any atom is 0.0470 e. The van der Waals surface area contributed by atoms with Crippen molar-refractivity contribution in [3.05, 3.63) is 59.4 Å². The summed E-state index contributed by atoms with van der Waals surface area (Å²) in [6.07, 6.45) is 4.19. The topological polar surface area (TPSA) is 30.9 Å². The van der Waals surface area contributed by atoms with E-state index in [0.717, 1.165) is 6.54 Å². The zero-order valence-corrected chi connectivity index (χ0v) is 10.6. The van der Waals surface area contributed by atoms with E-state index in [1.165, 1.54) is 16.7 Å². The Morgan fingerprint density at radius 1 is 1.06 bits per heavy atom. The summed E-state index contributed by atoms with van der Waals surface area (Å²) in [5.41, 5.74) is 9.50. The molecule has 0 aliphatic heterocycles. The van der Waals surface area contributed by atoms with Crippen LogP contribution in [-0.4, -0.2) is 4.57 Å². The van der Waals surface area contributed by atoms with E-state index in [1.54, 1.807) is 0 Å². The second-order valence-electron chi connectivity index (χ2n) is 4.79. The minimum atomic E-state index is 0.597. The van der Waals surface area contributed by atoms with Gasteiger partial charge in [-0.25, -0.2) is 0 Å². The molecule has 2 rings (SSSR count). The van der Waals surface area contributed by atoms with Crippen LogP contribution in [0.4, 0.5) is 0 Å². The van der Waals surface area contributed by atoms with Crippen LogP contribution in [0.15, 0.2) is 42.7 Å². The molecule has 2 nitrogen and oxygen atoms in total. The van der Waals surface area contributed by atoms with Crippen LogP contribution in [0.1, 0.15) is 36.5 Å². The standard InChI is InChI=1S/C15H20N2/c1-12(2)15-5-3-13(4-6-15)10-17-8-7-14(9-16)11-17/h3-8,11-12H,9-10,16H2,1-2H3. The molecule has 0 amide bonds. The smallest absolute Gasteiger partial charge is 0.0470 e. The van der Waals surface area contributed by atoms with Crippen molar-refractivity contribution in [1.82, 2.24) is 4.57 Å². The predicted octanol–water partition coefficient (Wildman–Crippen LogP) is 3.12. The van der Waals surface area contributed by atoms with Gasteiger partial charge in [-0.05, 0) is 28.7 Å². The molecule has 1 heterocycles. The summed E-state index contributed by atoms with van der Waals surface area (Å²) in [4.78, 5) is 0. The molecule has 0 saturated heterocycles. The molecule has 2 N–H and O–H groups in total. The number of benzene rings is 1. The highest BCUT2D eigenvalue weighted by Gasteiger charge is 2.00. The normalized spacial score (nSPS) is 11.1. The van der Waals surface area contributed by atoms with Crippen LogP contribution >= 0.6 is 0 Å². The second kappa shape index (κ2) is 5.19. The third-order valence-corrected chi connectivity index (χ3v) is 3.06. The average Bonchev–Trinajstić information content (AvgIpc) is 2.77. The molecule has 0 fully saturated rings. The van der Waals surface area contributed by atoms with E-state index in [0.29, 0.717) is 12.5 Å². The Hall–Kier alpha value is -1.54. The van der Waals surface area contributed by atoms with E-state index >= 15 is 0 Å². The molecule has 90 valence electrons. The number of rotatable bonds is 4. The maximum absolute atomic E-state index is 5.60. The Kier molecular flexibility index (Phi) is 3.64. The largest absolute Gasteiger partial charge is 0.350 e. The summed E-state index contributed by atoms with van der Waals surface area (Å²) in [6, 6.07) is 10.9. The van der Waals surface area contributed by atoms with Crippen molar-refractivity contribution in [2.45, 2.75) is 32.9 Å². The molecule has 0 aliphatic carbocycles. The number of nitrogens with zero attached hydrogens (tertiary/aromatic N) is 1. The highest BCUT2D eigenvalue weighted by Crippen LogP contribution is 2.15. The van der Waals surface area contributed by atoms with Gasteiger partial charge in [0.1, 0.15) is 0 Å². The zero-order chi connectivity index (χ0) is 12.3. The lowest BCUT2D eigenvalue weighted by Crippen LogP contribution is -1.98.